The number of benzene rings is 2. The van der Waals surface area contributed by atoms with Crippen LogP contribution in [-0.4, -0.2) is 19.6 Å². The van der Waals surface area contributed by atoms with Crippen LogP contribution in [0.1, 0.15) is 23.4 Å². The molecule has 2 aromatic heterocycles. The van der Waals surface area contributed by atoms with E-state index in [-0.39, 0.29) is 5.82 Å². The van der Waals surface area contributed by atoms with Gasteiger partial charge in [-0.3, -0.25) is 0 Å². The molecule has 0 amide bonds. The zero-order valence-electron chi connectivity index (χ0n) is 13.8. The van der Waals surface area contributed by atoms with Crippen molar-refractivity contribution in [3.63, 3.8) is 0 Å². The summed E-state index contributed by atoms with van der Waals surface area (Å²) in [5.74, 6) is 1.25. The molecular formula is C20H16FN3O2. The Balaban J connectivity index is 1.56. The van der Waals surface area contributed by atoms with Gasteiger partial charge in [0.2, 0.25) is 5.89 Å². The lowest BCUT2D eigenvalue weighted by Gasteiger charge is -2.12. The molecule has 0 saturated carbocycles. The zero-order valence-corrected chi connectivity index (χ0v) is 13.8. The van der Waals surface area contributed by atoms with Crippen LogP contribution in [0.5, 0.6) is 0 Å². The van der Waals surface area contributed by atoms with Gasteiger partial charge in [0.25, 0.3) is 0 Å². The molecule has 0 bridgehead atoms. The minimum Gasteiger partial charge on any atom is -0.439 e. The van der Waals surface area contributed by atoms with E-state index in [0.29, 0.717) is 24.0 Å². The van der Waals surface area contributed by atoms with Crippen molar-refractivity contribution in [3.05, 3.63) is 96.3 Å². The molecule has 0 radical (unpaired) electrons. The number of hydrogen-bond donors (Lipinski definition) is 1. The fourth-order valence-electron chi connectivity index (χ4n) is 2.76. The van der Waals surface area contributed by atoms with E-state index in [1.54, 1.807) is 35.3 Å². The number of rotatable bonds is 5. The summed E-state index contributed by atoms with van der Waals surface area (Å²) in [5, 5.41) is 10.6. The third-order valence-corrected chi connectivity index (χ3v) is 4.10. The van der Waals surface area contributed by atoms with Crippen molar-refractivity contribution >= 4 is 0 Å². The molecule has 4 aromatic rings. The molecule has 26 heavy (non-hydrogen) atoms. The normalized spacial score (nSPS) is 12.2. The molecule has 130 valence electrons. The average molecular weight is 349 g/mol. The van der Waals surface area contributed by atoms with Crippen molar-refractivity contribution in [2.24, 2.45) is 0 Å². The maximum atomic E-state index is 13.0. The van der Waals surface area contributed by atoms with Gasteiger partial charge in [0.05, 0.1) is 6.20 Å². The summed E-state index contributed by atoms with van der Waals surface area (Å²) < 4.78 is 20.6. The summed E-state index contributed by atoms with van der Waals surface area (Å²) in [4.78, 5) is 8.54. The van der Waals surface area contributed by atoms with Crippen molar-refractivity contribution in [2.75, 3.05) is 0 Å². The van der Waals surface area contributed by atoms with E-state index < -0.39 is 6.10 Å². The van der Waals surface area contributed by atoms with Crippen LogP contribution in [0, 0.1) is 5.82 Å². The first-order chi connectivity index (χ1) is 12.7. The van der Waals surface area contributed by atoms with Crippen molar-refractivity contribution in [2.45, 2.75) is 12.6 Å². The number of halogens is 1. The first-order valence-electron chi connectivity index (χ1n) is 8.15. The summed E-state index contributed by atoms with van der Waals surface area (Å²) in [6, 6.07) is 15.4. The minimum atomic E-state index is -0.835. The third kappa shape index (κ3) is 3.27. The second kappa shape index (κ2) is 6.93. The molecule has 5 nitrogen and oxygen atoms in total. The standard InChI is InChI=1S/C20H16FN3O2/c21-16-8-6-14(7-9-16)17-12-23-18(26-17)13-24-11-10-22-20(24)19(25)15-4-2-1-3-5-15/h1-12,19,25H,13H2/t19-/m1/s1. The molecule has 0 aliphatic rings. The van der Waals surface area contributed by atoms with Crippen LogP contribution >= 0.6 is 0 Å². The first kappa shape index (κ1) is 16.2. The van der Waals surface area contributed by atoms with Crippen molar-refractivity contribution in [1.29, 1.82) is 0 Å². The van der Waals surface area contributed by atoms with Crippen LogP contribution in [0.2, 0.25) is 0 Å². The number of aromatic nitrogens is 3. The van der Waals surface area contributed by atoms with Crippen LogP contribution in [0.15, 0.2) is 77.6 Å². The van der Waals surface area contributed by atoms with Gasteiger partial charge in [0.1, 0.15) is 24.3 Å². The van der Waals surface area contributed by atoms with E-state index in [1.165, 1.54) is 12.1 Å². The number of nitrogens with zero attached hydrogens (tertiary/aromatic N) is 3. The van der Waals surface area contributed by atoms with Crippen molar-refractivity contribution in [1.82, 2.24) is 14.5 Å². The molecule has 2 heterocycles. The smallest absolute Gasteiger partial charge is 0.214 e. The largest absolute Gasteiger partial charge is 0.439 e. The highest BCUT2D eigenvalue weighted by molar-refractivity contribution is 5.55. The number of oxazole rings is 1. The SMILES string of the molecule is O[C@H](c1ccccc1)c1nccn1Cc1ncc(-c2ccc(F)cc2)o1. The van der Waals surface area contributed by atoms with E-state index in [9.17, 15) is 9.50 Å². The highest BCUT2D eigenvalue weighted by Gasteiger charge is 2.17. The molecule has 1 N–H and O–H groups in total. The predicted octanol–water partition coefficient (Wildman–Crippen LogP) is 3.81. The Morgan fingerprint density at radius 1 is 1.04 bits per heavy atom. The van der Waals surface area contributed by atoms with Gasteiger partial charge in [0, 0.05) is 18.0 Å². The van der Waals surface area contributed by atoms with E-state index in [2.05, 4.69) is 9.97 Å². The first-order valence-corrected chi connectivity index (χ1v) is 8.15. The van der Waals surface area contributed by atoms with Gasteiger partial charge >= 0.3 is 0 Å². The number of imidazole rings is 1. The number of aliphatic hydroxyl groups excluding tert-OH is 1. The highest BCUT2D eigenvalue weighted by Crippen LogP contribution is 2.23. The van der Waals surface area contributed by atoms with E-state index >= 15 is 0 Å². The fourth-order valence-corrected chi connectivity index (χ4v) is 2.76. The lowest BCUT2D eigenvalue weighted by molar-refractivity contribution is 0.204. The molecular weight excluding hydrogens is 333 g/mol. The Hall–Kier alpha value is -3.25. The molecule has 1 atom stereocenters. The Morgan fingerprint density at radius 2 is 1.81 bits per heavy atom. The number of aliphatic hydroxyl groups is 1. The molecule has 0 aliphatic carbocycles. The Labute approximate surface area is 149 Å². The molecule has 0 unspecified atom stereocenters. The lowest BCUT2D eigenvalue weighted by Crippen LogP contribution is -2.10. The highest BCUT2D eigenvalue weighted by atomic mass is 19.1. The third-order valence-electron chi connectivity index (χ3n) is 4.10. The van der Waals surface area contributed by atoms with Crippen LogP contribution in [0.4, 0.5) is 4.39 Å². The summed E-state index contributed by atoms with van der Waals surface area (Å²) >= 11 is 0. The van der Waals surface area contributed by atoms with Gasteiger partial charge in [-0.25, -0.2) is 14.4 Å². The zero-order chi connectivity index (χ0) is 17.9. The predicted molar refractivity (Wildman–Crippen MR) is 93.7 cm³/mol. The summed E-state index contributed by atoms with van der Waals surface area (Å²) in [6.07, 6.45) is 4.17. The molecule has 6 heteroatoms. The van der Waals surface area contributed by atoms with E-state index in [0.717, 1.165) is 11.1 Å². The quantitative estimate of drug-likeness (QED) is 0.595. The Kier molecular flexibility index (Phi) is 4.33. The lowest BCUT2D eigenvalue weighted by atomic mass is 10.1. The topological polar surface area (TPSA) is 64.1 Å². The molecule has 0 aliphatic heterocycles. The van der Waals surface area contributed by atoms with E-state index in [1.807, 2.05) is 30.3 Å². The fraction of sp³-hybridized carbons (Fsp3) is 0.100. The van der Waals surface area contributed by atoms with Gasteiger partial charge in [-0.2, -0.15) is 0 Å². The van der Waals surface area contributed by atoms with Gasteiger partial charge in [-0.15, -0.1) is 0 Å². The summed E-state index contributed by atoms with van der Waals surface area (Å²) in [7, 11) is 0. The number of hydrogen-bond acceptors (Lipinski definition) is 4. The van der Waals surface area contributed by atoms with Crippen LogP contribution < -0.4 is 0 Å². The van der Waals surface area contributed by atoms with Crippen LogP contribution in [-0.2, 0) is 6.54 Å². The molecule has 0 fully saturated rings. The van der Waals surface area contributed by atoms with Crippen molar-refractivity contribution in [3.8, 4) is 11.3 Å². The Morgan fingerprint density at radius 3 is 2.58 bits per heavy atom. The Bertz CT molecular complexity index is 993. The maximum Gasteiger partial charge on any atom is 0.214 e. The van der Waals surface area contributed by atoms with Gasteiger partial charge in [-0.05, 0) is 29.8 Å². The minimum absolute atomic E-state index is 0.300. The van der Waals surface area contributed by atoms with Gasteiger partial charge in [0.15, 0.2) is 5.76 Å². The summed E-state index contributed by atoms with van der Waals surface area (Å²) in [5.41, 5.74) is 1.51. The summed E-state index contributed by atoms with van der Waals surface area (Å²) in [6.45, 7) is 0.334. The molecule has 0 saturated heterocycles. The second-order valence-corrected chi connectivity index (χ2v) is 5.85. The van der Waals surface area contributed by atoms with Gasteiger partial charge in [-0.1, -0.05) is 30.3 Å². The van der Waals surface area contributed by atoms with Crippen LogP contribution in [0.3, 0.4) is 0 Å². The van der Waals surface area contributed by atoms with E-state index in [4.69, 9.17) is 4.42 Å². The monoisotopic (exact) mass is 349 g/mol. The second-order valence-electron chi connectivity index (χ2n) is 5.85. The van der Waals surface area contributed by atoms with Crippen LogP contribution in [0.25, 0.3) is 11.3 Å². The van der Waals surface area contributed by atoms with Gasteiger partial charge < -0.3 is 14.1 Å². The van der Waals surface area contributed by atoms with Crippen molar-refractivity contribution < 1.29 is 13.9 Å². The average Bonchev–Trinajstić information content (AvgIpc) is 3.33. The molecule has 4 rings (SSSR count). The molecule has 2 aromatic carbocycles. The maximum absolute atomic E-state index is 13.0. The molecule has 0 spiro atoms.